The van der Waals surface area contributed by atoms with Crippen molar-refractivity contribution in [3.05, 3.63) is 88.5 Å². The Bertz CT molecular complexity index is 1330. The van der Waals surface area contributed by atoms with Gasteiger partial charge in [0.2, 0.25) is 0 Å². The number of para-hydroxylation sites is 1. The summed E-state index contributed by atoms with van der Waals surface area (Å²) in [6, 6.07) is 19.2. The summed E-state index contributed by atoms with van der Waals surface area (Å²) < 4.78 is 12.1. The maximum Gasteiger partial charge on any atom is 0.265 e. The van der Waals surface area contributed by atoms with Crippen molar-refractivity contribution >= 4 is 22.5 Å². The van der Waals surface area contributed by atoms with Gasteiger partial charge < -0.3 is 14.8 Å². The molecule has 0 atom stereocenters. The molecule has 0 unspecified atom stereocenters. The molecule has 0 spiro atoms. The number of fused-ring (bicyclic) bond motifs is 1. The fourth-order valence-corrected chi connectivity index (χ4v) is 3.42. The second-order valence-electron chi connectivity index (χ2n) is 6.88. The normalized spacial score (nSPS) is 10.7. The van der Waals surface area contributed by atoms with Crippen LogP contribution >= 0.6 is 0 Å². The van der Waals surface area contributed by atoms with E-state index in [1.54, 1.807) is 62.6 Å². The molecule has 0 aliphatic heterocycles. The van der Waals surface area contributed by atoms with Crippen molar-refractivity contribution < 1.29 is 14.3 Å². The lowest BCUT2D eigenvalue weighted by Gasteiger charge is -2.13. The molecular weight excluding hydrogens is 394 g/mol. The van der Waals surface area contributed by atoms with Gasteiger partial charge in [0.05, 0.1) is 36.5 Å². The van der Waals surface area contributed by atoms with Gasteiger partial charge in [0.15, 0.2) is 0 Å². The Labute approximate surface area is 178 Å². The number of amides is 1. The van der Waals surface area contributed by atoms with Gasteiger partial charge in [-0.05, 0) is 55.5 Å². The highest BCUT2D eigenvalue weighted by Gasteiger charge is 2.13. The van der Waals surface area contributed by atoms with Gasteiger partial charge in [0.1, 0.15) is 17.3 Å². The molecule has 4 rings (SSSR count). The quantitative estimate of drug-likeness (QED) is 0.533. The van der Waals surface area contributed by atoms with Crippen molar-refractivity contribution in [2.45, 2.75) is 6.92 Å². The Balaban J connectivity index is 1.64. The highest BCUT2D eigenvalue weighted by atomic mass is 16.5. The number of methoxy groups -OCH3 is 2. The van der Waals surface area contributed by atoms with Gasteiger partial charge in [0, 0.05) is 11.6 Å². The average molecular weight is 415 g/mol. The molecule has 0 aliphatic carbocycles. The molecule has 1 heterocycles. The van der Waals surface area contributed by atoms with Gasteiger partial charge in [-0.3, -0.25) is 14.2 Å². The number of benzene rings is 3. The van der Waals surface area contributed by atoms with Gasteiger partial charge in [0.25, 0.3) is 11.5 Å². The summed E-state index contributed by atoms with van der Waals surface area (Å²) in [7, 11) is 3.08. The molecule has 156 valence electrons. The minimum atomic E-state index is -0.307. The highest BCUT2D eigenvalue weighted by molar-refractivity contribution is 6.05. The molecule has 0 aliphatic rings. The van der Waals surface area contributed by atoms with Crippen molar-refractivity contribution in [1.29, 1.82) is 0 Å². The van der Waals surface area contributed by atoms with Crippen LogP contribution < -0.4 is 20.3 Å². The predicted molar refractivity (Wildman–Crippen MR) is 120 cm³/mol. The van der Waals surface area contributed by atoms with Crippen molar-refractivity contribution in [2.75, 3.05) is 19.5 Å². The van der Waals surface area contributed by atoms with E-state index in [1.807, 2.05) is 18.2 Å². The number of hydrogen-bond donors (Lipinski definition) is 1. The molecule has 0 saturated heterocycles. The van der Waals surface area contributed by atoms with Crippen LogP contribution in [-0.2, 0) is 0 Å². The first-order valence-corrected chi connectivity index (χ1v) is 9.64. The van der Waals surface area contributed by atoms with Crippen LogP contribution in [0.3, 0.4) is 0 Å². The fraction of sp³-hybridized carbons (Fsp3) is 0.125. The minimum Gasteiger partial charge on any atom is -0.497 e. The zero-order valence-corrected chi connectivity index (χ0v) is 17.4. The van der Waals surface area contributed by atoms with Crippen LogP contribution in [0.15, 0.2) is 71.5 Å². The van der Waals surface area contributed by atoms with Gasteiger partial charge >= 0.3 is 0 Å². The van der Waals surface area contributed by atoms with E-state index < -0.39 is 0 Å². The van der Waals surface area contributed by atoms with E-state index >= 15 is 0 Å². The van der Waals surface area contributed by atoms with Gasteiger partial charge in [-0.2, -0.15) is 0 Å². The third-order valence-corrected chi connectivity index (χ3v) is 4.99. The zero-order chi connectivity index (χ0) is 22.0. The molecule has 7 heteroatoms. The van der Waals surface area contributed by atoms with Crippen LogP contribution in [0, 0.1) is 6.92 Å². The number of anilines is 1. The summed E-state index contributed by atoms with van der Waals surface area (Å²) in [5, 5.41) is 3.38. The third kappa shape index (κ3) is 3.85. The summed E-state index contributed by atoms with van der Waals surface area (Å²) in [5.74, 6) is 1.39. The van der Waals surface area contributed by atoms with E-state index in [0.29, 0.717) is 45.2 Å². The first kappa shape index (κ1) is 20.2. The number of carbonyl (C=O) groups is 1. The fourth-order valence-electron chi connectivity index (χ4n) is 3.42. The topological polar surface area (TPSA) is 82.4 Å². The lowest BCUT2D eigenvalue weighted by molar-refractivity contribution is 0.102. The smallest absolute Gasteiger partial charge is 0.265 e. The van der Waals surface area contributed by atoms with Crippen LogP contribution in [0.25, 0.3) is 16.6 Å². The van der Waals surface area contributed by atoms with Crippen LogP contribution in [0.5, 0.6) is 11.5 Å². The monoisotopic (exact) mass is 415 g/mol. The molecule has 0 bridgehead atoms. The summed E-state index contributed by atoms with van der Waals surface area (Å²) in [6.07, 6.45) is 0. The summed E-state index contributed by atoms with van der Waals surface area (Å²) >= 11 is 0. The predicted octanol–water partition coefficient (Wildman–Crippen LogP) is 3.96. The second kappa shape index (κ2) is 8.31. The van der Waals surface area contributed by atoms with Crippen molar-refractivity contribution in [2.24, 2.45) is 0 Å². The number of hydrogen-bond acceptors (Lipinski definition) is 5. The Morgan fingerprint density at radius 3 is 2.42 bits per heavy atom. The third-order valence-electron chi connectivity index (χ3n) is 4.99. The van der Waals surface area contributed by atoms with Crippen molar-refractivity contribution in [3.63, 3.8) is 0 Å². The molecule has 7 nitrogen and oxygen atoms in total. The minimum absolute atomic E-state index is 0.151. The molecule has 31 heavy (non-hydrogen) atoms. The van der Waals surface area contributed by atoms with Gasteiger partial charge in [-0.25, -0.2) is 4.98 Å². The first-order chi connectivity index (χ1) is 15.0. The highest BCUT2D eigenvalue weighted by Crippen LogP contribution is 2.29. The summed E-state index contributed by atoms with van der Waals surface area (Å²) in [5.41, 5.74) is 2.08. The maximum absolute atomic E-state index is 13.0. The Morgan fingerprint density at radius 1 is 0.968 bits per heavy atom. The first-order valence-electron chi connectivity index (χ1n) is 9.64. The number of aromatic nitrogens is 2. The second-order valence-corrected chi connectivity index (χ2v) is 6.88. The number of nitrogens with zero attached hydrogens (tertiary/aromatic N) is 2. The average Bonchev–Trinajstić information content (AvgIpc) is 2.79. The SMILES string of the molecule is COc1ccc(OC)c(NC(=O)c2ccc(-n3c(C)nc4ccccc4c3=O)cc2)c1. The number of ether oxygens (including phenoxy) is 2. The molecule has 1 aromatic heterocycles. The number of carbonyl (C=O) groups excluding carboxylic acids is 1. The van der Waals surface area contributed by atoms with E-state index in [2.05, 4.69) is 10.3 Å². The maximum atomic E-state index is 13.0. The lowest BCUT2D eigenvalue weighted by atomic mass is 10.1. The number of nitrogens with one attached hydrogen (secondary N) is 1. The zero-order valence-electron chi connectivity index (χ0n) is 17.4. The van der Waals surface area contributed by atoms with E-state index in [1.165, 1.54) is 11.7 Å². The largest absolute Gasteiger partial charge is 0.497 e. The van der Waals surface area contributed by atoms with E-state index in [9.17, 15) is 9.59 Å². The Hall–Kier alpha value is -4.13. The lowest BCUT2D eigenvalue weighted by Crippen LogP contribution is -2.22. The number of aryl methyl sites for hydroxylation is 1. The molecule has 0 fully saturated rings. The van der Waals surface area contributed by atoms with Crippen LogP contribution in [0.1, 0.15) is 16.2 Å². The molecule has 3 aromatic carbocycles. The van der Waals surface area contributed by atoms with E-state index in [4.69, 9.17) is 9.47 Å². The Kier molecular flexibility index (Phi) is 5.41. The molecule has 1 amide bonds. The summed E-state index contributed by atoms with van der Waals surface area (Å²) in [4.78, 5) is 30.2. The molecule has 4 aromatic rings. The molecule has 0 radical (unpaired) electrons. The molecular formula is C24H21N3O4. The Morgan fingerprint density at radius 2 is 1.71 bits per heavy atom. The van der Waals surface area contributed by atoms with Crippen LogP contribution in [0.4, 0.5) is 5.69 Å². The van der Waals surface area contributed by atoms with Crippen molar-refractivity contribution in [3.8, 4) is 17.2 Å². The van der Waals surface area contributed by atoms with E-state index in [0.717, 1.165) is 0 Å². The van der Waals surface area contributed by atoms with Gasteiger partial charge in [-0.1, -0.05) is 12.1 Å². The molecule has 1 N–H and O–H groups in total. The van der Waals surface area contributed by atoms with Crippen molar-refractivity contribution in [1.82, 2.24) is 9.55 Å². The summed E-state index contributed by atoms with van der Waals surface area (Å²) in [6.45, 7) is 1.78. The van der Waals surface area contributed by atoms with Crippen LogP contribution in [0.2, 0.25) is 0 Å². The van der Waals surface area contributed by atoms with Gasteiger partial charge in [-0.15, -0.1) is 0 Å². The molecule has 0 saturated carbocycles. The van der Waals surface area contributed by atoms with Crippen LogP contribution in [-0.4, -0.2) is 29.7 Å². The van der Waals surface area contributed by atoms with E-state index in [-0.39, 0.29) is 11.5 Å². The standard InChI is InChI=1S/C24H21N3O4/c1-15-25-20-7-5-4-6-19(20)24(29)27(15)17-10-8-16(9-11-17)23(28)26-21-14-18(30-2)12-13-22(21)31-3/h4-14H,1-3H3,(H,26,28). The number of rotatable bonds is 5.